The topological polar surface area (TPSA) is 127 Å². The predicted octanol–water partition coefficient (Wildman–Crippen LogP) is -1.40. The van der Waals surface area contributed by atoms with Gasteiger partial charge in [0.05, 0.1) is 11.9 Å². The number of hydrogen-bond donors (Lipinski definition) is 3. The van der Waals surface area contributed by atoms with Gasteiger partial charge >= 0.3 is 0 Å². The largest absolute Gasteiger partial charge is 0.354 e. The zero-order valence-corrected chi connectivity index (χ0v) is 10.4. The van der Waals surface area contributed by atoms with E-state index in [1.165, 1.54) is 11.0 Å². The van der Waals surface area contributed by atoms with Crippen molar-refractivity contribution < 1.29 is 4.79 Å². The maximum absolute atomic E-state index is 11.6. The zero-order valence-electron chi connectivity index (χ0n) is 10.4. The Labute approximate surface area is 109 Å². The van der Waals surface area contributed by atoms with E-state index in [9.17, 15) is 4.79 Å². The van der Waals surface area contributed by atoms with Gasteiger partial charge in [0.2, 0.25) is 5.91 Å². The summed E-state index contributed by atoms with van der Waals surface area (Å²) in [5, 5.41) is 16.9. The van der Waals surface area contributed by atoms with Crippen molar-refractivity contribution in [3.8, 4) is 0 Å². The van der Waals surface area contributed by atoms with E-state index in [2.05, 4.69) is 30.8 Å². The second kappa shape index (κ2) is 6.59. The van der Waals surface area contributed by atoms with E-state index in [0.29, 0.717) is 18.8 Å². The predicted molar refractivity (Wildman–Crippen MR) is 65.6 cm³/mol. The van der Waals surface area contributed by atoms with Crippen molar-refractivity contribution in [3.63, 3.8) is 0 Å². The van der Waals surface area contributed by atoms with E-state index in [0.717, 1.165) is 18.7 Å². The SMILES string of the molecule is NCc1cn(CC(=O)NCCCc2ncn[nH]2)nn1. The normalized spacial score (nSPS) is 10.6. The van der Waals surface area contributed by atoms with Crippen molar-refractivity contribution in [2.75, 3.05) is 6.54 Å². The molecule has 0 fully saturated rings. The Kier molecular flexibility index (Phi) is 4.56. The lowest BCUT2D eigenvalue weighted by molar-refractivity contribution is -0.121. The molecule has 0 bridgehead atoms. The van der Waals surface area contributed by atoms with Crippen LogP contribution in [0.25, 0.3) is 0 Å². The third-order valence-electron chi connectivity index (χ3n) is 2.48. The van der Waals surface area contributed by atoms with Crippen molar-refractivity contribution in [1.29, 1.82) is 0 Å². The highest BCUT2D eigenvalue weighted by molar-refractivity contribution is 5.75. The fourth-order valence-corrected chi connectivity index (χ4v) is 1.55. The number of aryl methyl sites for hydroxylation is 1. The Morgan fingerprint density at radius 3 is 3.11 bits per heavy atom. The van der Waals surface area contributed by atoms with Crippen molar-refractivity contribution in [2.24, 2.45) is 5.73 Å². The van der Waals surface area contributed by atoms with Gasteiger partial charge in [-0.3, -0.25) is 9.89 Å². The number of nitrogens with one attached hydrogen (secondary N) is 2. The van der Waals surface area contributed by atoms with Crippen molar-refractivity contribution in [2.45, 2.75) is 25.9 Å². The first-order chi connectivity index (χ1) is 9.28. The van der Waals surface area contributed by atoms with Crippen LogP contribution in [0.5, 0.6) is 0 Å². The number of hydrogen-bond acceptors (Lipinski definition) is 6. The molecule has 2 rings (SSSR count). The molecule has 0 unspecified atom stereocenters. The average Bonchev–Trinajstić information content (AvgIpc) is 3.05. The van der Waals surface area contributed by atoms with Crippen LogP contribution in [0.4, 0.5) is 0 Å². The molecule has 1 amide bonds. The van der Waals surface area contributed by atoms with E-state index < -0.39 is 0 Å². The minimum Gasteiger partial charge on any atom is -0.354 e. The molecular formula is C10H16N8O. The molecule has 0 saturated heterocycles. The molecule has 2 aromatic rings. The molecule has 4 N–H and O–H groups in total. The number of rotatable bonds is 7. The van der Waals surface area contributed by atoms with E-state index in [4.69, 9.17) is 5.73 Å². The zero-order chi connectivity index (χ0) is 13.5. The molecule has 0 aliphatic heterocycles. The van der Waals surface area contributed by atoms with Crippen LogP contribution in [0.15, 0.2) is 12.5 Å². The van der Waals surface area contributed by atoms with Crippen molar-refractivity contribution in [3.05, 3.63) is 24.0 Å². The highest BCUT2D eigenvalue weighted by Crippen LogP contribution is 1.93. The minimum atomic E-state index is -0.106. The maximum atomic E-state index is 11.6. The van der Waals surface area contributed by atoms with Gasteiger partial charge in [0.15, 0.2) is 0 Å². The van der Waals surface area contributed by atoms with Crippen LogP contribution in [-0.4, -0.2) is 42.6 Å². The van der Waals surface area contributed by atoms with Crippen LogP contribution in [-0.2, 0) is 24.3 Å². The quantitative estimate of drug-likeness (QED) is 0.528. The van der Waals surface area contributed by atoms with Crippen LogP contribution in [0.2, 0.25) is 0 Å². The number of aromatic nitrogens is 6. The summed E-state index contributed by atoms with van der Waals surface area (Å²) in [6.07, 6.45) is 4.68. The average molecular weight is 264 g/mol. The molecule has 0 spiro atoms. The second-order valence-corrected chi connectivity index (χ2v) is 4.00. The fourth-order valence-electron chi connectivity index (χ4n) is 1.55. The Bertz CT molecular complexity index is 505. The van der Waals surface area contributed by atoms with Crippen molar-refractivity contribution in [1.82, 2.24) is 35.5 Å². The molecule has 0 aliphatic rings. The summed E-state index contributed by atoms with van der Waals surface area (Å²) in [6.45, 7) is 1.05. The van der Waals surface area contributed by atoms with Crippen LogP contribution in [0, 0.1) is 0 Å². The van der Waals surface area contributed by atoms with Crippen LogP contribution >= 0.6 is 0 Å². The Balaban J connectivity index is 1.64. The van der Waals surface area contributed by atoms with E-state index in [-0.39, 0.29) is 12.5 Å². The van der Waals surface area contributed by atoms with Crippen LogP contribution in [0.1, 0.15) is 17.9 Å². The molecule has 2 heterocycles. The third-order valence-corrected chi connectivity index (χ3v) is 2.48. The summed E-state index contributed by atoms with van der Waals surface area (Å²) >= 11 is 0. The molecule has 9 nitrogen and oxygen atoms in total. The number of carbonyl (C=O) groups excluding carboxylic acids is 1. The molecule has 0 aromatic carbocycles. The highest BCUT2D eigenvalue weighted by atomic mass is 16.2. The highest BCUT2D eigenvalue weighted by Gasteiger charge is 2.05. The summed E-state index contributed by atoms with van der Waals surface area (Å²) < 4.78 is 1.47. The number of amides is 1. The number of H-pyrrole nitrogens is 1. The minimum absolute atomic E-state index is 0.106. The number of nitrogens with zero attached hydrogens (tertiary/aromatic N) is 5. The van der Waals surface area contributed by atoms with Gasteiger partial charge in [-0.25, -0.2) is 9.67 Å². The molecule has 0 radical (unpaired) electrons. The summed E-state index contributed by atoms with van der Waals surface area (Å²) in [7, 11) is 0. The van der Waals surface area contributed by atoms with E-state index in [1.807, 2.05) is 0 Å². The summed E-state index contributed by atoms with van der Waals surface area (Å²) in [4.78, 5) is 15.6. The number of carbonyl (C=O) groups is 1. The van der Waals surface area contributed by atoms with Gasteiger partial charge < -0.3 is 11.1 Å². The smallest absolute Gasteiger partial charge is 0.241 e. The van der Waals surface area contributed by atoms with Gasteiger partial charge in [0.25, 0.3) is 0 Å². The second-order valence-electron chi connectivity index (χ2n) is 4.00. The molecular weight excluding hydrogens is 248 g/mol. The monoisotopic (exact) mass is 264 g/mol. The number of aromatic amines is 1. The van der Waals surface area contributed by atoms with Gasteiger partial charge in [-0.05, 0) is 6.42 Å². The first-order valence-electron chi connectivity index (χ1n) is 5.98. The van der Waals surface area contributed by atoms with E-state index >= 15 is 0 Å². The van der Waals surface area contributed by atoms with Gasteiger partial charge in [0, 0.05) is 19.5 Å². The van der Waals surface area contributed by atoms with Crippen LogP contribution in [0.3, 0.4) is 0 Å². The Morgan fingerprint density at radius 2 is 2.42 bits per heavy atom. The first kappa shape index (κ1) is 13.1. The van der Waals surface area contributed by atoms with Gasteiger partial charge in [-0.1, -0.05) is 5.21 Å². The van der Waals surface area contributed by atoms with E-state index in [1.54, 1.807) is 6.20 Å². The first-order valence-corrected chi connectivity index (χ1v) is 5.98. The summed E-state index contributed by atoms with van der Waals surface area (Å²) in [5.74, 6) is 0.712. The summed E-state index contributed by atoms with van der Waals surface area (Å²) in [6, 6.07) is 0. The lowest BCUT2D eigenvalue weighted by atomic mass is 10.3. The van der Waals surface area contributed by atoms with Gasteiger partial charge in [0.1, 0.15) is 18.7 Å². The molecule has 102 valence electrons. The number of nitrogens with two attached hydrogens (primary N) is 1. The molecule has 19 heavy (non-hydrogen) atoms. The fraction of sp³-hybridized carbons (Fsp3) is 0.500. The van der Waals surface area contributed by atoms with Gasteiger partial charge in [-0.2, -0.15) is 5.10 Å². The third kappa shape index (κ3) is 4.14. The van der Waals surface area contributed by atoms with Gasteiger partial charge in [-0.15, -0.1) is 5.10 Å². The molecule has 9 heteroatoms. The lowest BCUT2D eigenvalue weighted by Crippen LogP contribution is -2.29. The molecule has 0 atom stereocenters. The molecule has 2 aromatic heterocycles. The van der Waals surface area contributed by atoms with Crippen LogP contribution < -0.4 is 11.1 Å². The Hall–Kier alpha value is -2.29. The van der Waals surface area contributed by atoms with Crippen molar-refractivity contribution >= 4 is 5.91 Å². The molecule has 0 saturated carbocycles. The molecule has 0 aliphatic carbocycles. The summed E-state index contributed by atoms with van der Waals surface area (Å²) in [5.41, 5.74) is 6.07. The maximum Gasteiger partial charge on any atom is 0.241 e. The standard InChI is InChI=1S/C10H16N8O/c11-4-8-5-18(17-15-8)6-10(19)12-3-1-2-9-13-7-14-16-9/h5,7H,1-4,6,11H2,(H,12,19)(H,13,14,16). The lowest BCUT2D eigenvalue weighted by Gasteiger charge is -2.03. The Morgan fingerprint density at radius 1 is 1.53 bits per heavy atom.